The van der Waals surface area contributed by atoms with E-state index < -0.39 is 0 Å². The highest BCUT2D eigenvalue weighted by molar-refractivity contribution is 5.27. The van der Waals surface area contributed by atoms with E-state index in [4.69, 9.17) is 11.2 Å². The van der Waals surface area contributed by atoms with Gasteiger partial charge in [-0.1, -0.05) is 26.0 Å². The van der Waals surface area contributed by atoms with Crippen LogP contribution >= 0.6 is 0 Å². The SMILES string of the molecule is C#CCCOc1ccc(CNC(C)C)cc1. The van der Waals surface area contributed by atoms with Gasteiger partial charge in [0.15, 0.2) is 0 Å². The van der Waals surface area contributed by atoms with Crippen LogP contribution in [0.15, 0.2) is 24.3 Å². The predicted molar refractivity (Wildman–Crippen MR) is 67.4 cm³/mol. The lowest BCUT2D eigenvalue weighted by molar-refractivity contribution is 0.327. The van der Waals surface area contributed by atoms with E-state index in [1.54, 1.807) is 0 Å². The second-order valence-electron chi connectivity index (χ2n) is 3.98. The Hall–Kier alpha value is -1.46. The van der Waals surface area contributed by atoms with Gasteiger partial charge >= 0.3 is 0 Å². The van der Waals surface area contributed by atoms with Crippen LogP contribution in [0, 0.1) is 12.3 Å². The molecule has 16 heavy (non-hydrogen) atoms. The van der Waals surface area contributed by atoms with Crippen LogP contribution in [0.2, 0.25) is 0 Å². The lowest BCUT2D eigenvalue weighted by atomic mass is 10.2. The quantitative estimate of drug-likeness (QED) is 0.584. The van der Waals surface area contributed by atoms with E-state index in [0.29, 0.717) is 19.1 Å². The van der Waals surface area contributed by atoms with Crippen molar-refractivity contribution >= 4 is 0 Å². The molecule has 1 aromatic rings. The van der Waals surface area contributed by atoms with Crippen molar-refractivity contribution in [2.24, 2.45) is 0 Å². The molecule has 0 fully saturated rings. The fraction of sp³-hybridized carbons (Fsp3) is 0.429. The fourth-order valence-corrected chi connectivity index (χ4v) is 1.25. The lowest BCUT2D eigenvalue weighted by Crippen LogP contribution is -2.21. The van der Waals surface area contributed by atoms with Gasteiger partial charge in [-0.05, 0) is 17.7 Å². The Morgan fingerprint density at radius 3 is 2.56 bits per heavy atom. The van der Waals surface area contributed by atoms with Crippen LogP contribution in [0.1, 0.15) is 25.8 Å². The molecule has 0 spiro atoms. The number of hydrogen-bond acceptors (Lipinski definition) is 2. The molecule has 0 aliphatic carbocycles. The van der Waals surface area contributed by atoms with Crippen molar-refractivity contribution in [2.75, 3.05) is 6.61 Å². The molecule has 0 radical (unpaired) electrons. The molecular formula is C14H19NO. The number of ether oxygens (including phenoxy) is 1. The molecular weight excluding hydrogens is 198 g/mol. The highest BCUT2D eigenvalue weighted by Crippen LogP contribution is 2.12. The molecule has 0 aromatic heterocycles. The number of nitrogens with one attached hydrogen (secondary N) is 1. The van der Waals surface area contributed by atoms with E-state index in [1.807, 2.05) is 12.1 Å². The monoisotopic (exact) mass is 217 g/mol. The maximum atomic E-state index is 5.46. The smallest absolute Gasteiger partial charge is 0.119 e. The molecule has 0 amide bonds. The summed E-state index contributed by atoms with van der Waals surface area (Å²) in [6, 6.07) is 8.61. The average molecular weight is 217 g/mol. The highest BCUT2D eigenvalue weighted by Gasteiger charge is 1.96. The van der Waals surface area contributed by atoms with Crippen LogP contribution in [0.3, 0.4) is 0 Å². The first-order chi connectivity index (χ1) is 7.72. The van der Waals surface area contributed by atoms with E-state index in [0.717, 1.165) is 12.3 Å². The largest absolute Gasteiger partial charge is 0.493 e. The summed E-state index contributed by atoms with van der Waals surface area (Å²) in [5.41, 5.74) is 1.26. The van der Waals surface area contributed by atoms with Crippen molar-refractivity contribution in [1.29, 1.82) is 0 Å². The van der Waals surface area contributed by atoms with E-state index in [-0.39, 0.29) is 0 Å². The molecule has 2 heteroatoms. The summed E-state index contributed by atoms with van der Waals surface area (Å²) in [5.74, 6) is 3.43. The molecule has 0 saturated carbocycles. The first-order valence-electron chi connectivity index (χ1n) is 5.61. The molecule has 0 aliphatic heterocycles. The van der Waals surface area contributed by atoms with Gasteiger partial charge in [0.2, 0.25) is 0 Å². The highest BCUT2D eigenvalue weighted by atomic mass is 16.5. The van der Waals surface area contributed by atoms with Gasteiger partial charge in [-0.15, -0.1) is 12.3 Å². The third-order valence-electron chi connectivity index (χ3n) is 2.15. The van der Waals surface area contributed by atoms with Crippen LogP contribution in [0.4, 0.5) is 0 Å². The van der Waals surface area contributed by atoms with Crippen LogP contribution in [-0.2, 0) is 6.54 Å². The number of benzene rings is 1. The van der Waals surface area contributed by atoms with E-state index in [2.05, 4.69) is 37.2 Å². The fourth-order valence-electron chi connectivity index (χ4n) is 1.25. The summed E-state index contributed by atoms with van der Waals surface area (Å²) in [5, 5.41) is 3.37. The Morgan fingerprint density at radius 1 is 1.31 bits per heavy atom. The molecule has 0 atom stereocenters. The second-order valence-corrected chi connectivity index (χ2v) is 3.98. The minimum atomic E-state index is 0.506. The van der Waals surface area contributed by atoms with E-state index in [1.165, 1.54) is 5.56 Å². The number of terminal acetylenes is 1. The van der Waals surface area contributed by atoms with Gasteiger partial charge in [0.1, 0.15) is 5.75 Å². The zero-order chi connectivity index (χ0) is 11.8. The van der Waals surface area contributed by atoms with Gasteiger partial charge in [-0.25, -0.2) is 0 Å². The molecule has 0 bridgehead atoms. The second kappa shape index (κ2) is 6.92. The van der Waals surface area contributed by atoms with Gasteiger partial charge in [0.25, 0.3) is 0 Å². The summed E-state index contributed by atoms with van der Waals surface area (Å²) in [6.07, 6.45) is 5.80. The van der Waals surface area contributed by atoms with Gasteiger partial charge in [-0.2, -0.15) is 0 Å². The van der Waals surface area contributed by atoms with Crippen molar-refractivity contribution in [2.45, 2.75) is 32.9 Å². The summed E-state index contributed by atoms with van der Waals surface area (Å²) in [6.45, 7) is 5.75. The molecule has 1 aromatic carbocycles. The molecule has 86 valence electrons. The number of hydrogen-bond donors (Lipinski definition) is 1. The Bertz CT molecular complexity index is 335. The predicted octanol–water partition coefficient (Wildman–Crippen LogP) is 2.59. The standard InChI is InChI=1S/C14H19NO/c1-4-5-10-16-14-8-6-13(7-9-14)11-15-12(2)3/h1,6-9,12,15H,5,10-11H2,2-3H3. The average Bonchev–Trinajstić information content (AvgIpc) is 2.28. The maximum Gasteiger partial charge on any atom is 0.119 e. The molecule has 0 saturated heterocycles. The Morgan fingerprint density at radius 2 is 2.00 bits per heavy atom. The van der Waals surface area contributed by atoms with Gasteiger partial charge in [0, 0.05) is 19.0 Å². The number of rotatable bonds is 6. The molecule has 2 nitrogen and oxygen atoms in total. The summed E-state index contributed by atoms with van der Waals surface area (Å²) < 4.78 is 5.46. The third kappa shape index (κ3) is 4.86. The Kier molecular flexibility index (Phi) is 5.45. The zero-order valence-corrected chi connectivity index (χ0v) is 9.99. The Labute approximate surface area is 98.0 Å². The topological polar surface area (TPSA) is 21.3 Å². The summed E-state index contributed by atoms with van der Waals surface area (Å²) >= 11 is 0. The minimum Gasteiger partial charge on any atom is -0.493 e. The van der Waals surface area contributed by atoms with Crippen molar-refractivity contribution in [3.05, 3.63) is 29.8 Å². The van der Waals surface area contributed by atoms with Crippen LogP contribution in [0.5, 0.6) is 5.75 Å². The van der Waals surface area contributed by atoms with Crippen LogP contribution in [0.25, 0.3) is 0 Å². The molecule has 0 unspecified atom stereocenters. The molecule has 0 aliphatic rings. The van der Waals surface area contributed by atoms with E-state index in [9.17, 15) is 0 Å². The lowest BCUT2D eigenvalue weighted by Gasteiger charge is -2.09. The first kappa shape index (κ1) is 12.6. The minimum absolute atomic E-state index is 0.506. The maximum absolute atomic E-state index is 5.46. The third-order valence-corrected chi connectivity index (χ3v) is 2.15. The van der Waals surface area contributed by atoms with Crippen LogP contribution in [-0.4, -0.2) is 12.6 Å². The Balaban J connectivity index is 2.39. The van der Waals surface area contributed by atoms with Crippen molar-refractivity contribution in [1.82, 2.24) is 5.32 Å². The van der Waals surface area contributed by atoms with Gasteiger partial charge < -0.3 is 10.1 Å². The molecule has 0 heterocycles. The summed E-state index contributed by atoms with van der Waals surface area (Å²) in [7, 11) is 0. The molecule has 1 N–H and O–H groups in total. The van der Waals surface area contributed by atoms with Crippen molar-refractivity contribution in [3.8, 4) is 18.1 Å². The van der Waals surface area contributed by atoms with Gasteiger partial charge in [0.05, 0.1) is 6.61 Å². The normalized spacial score (nSPS) is 10.1. The van der Waals surface area contributed by atoms with E-state index >= 15 is 0 Å². The summed E-state index contributed by atoms with van der Waals surface area (Å²) in [4.78, 5) is 0. The van der Waals surface area contributed by atoms with Crippen molar-refractivity contribution in [3.63, 3.8) is 0 Å². The van der Waals surface area contributed by atoms with Crippen molar-refractivity contribution < 1.29 is 4.74 Å². The first-order valence-corrected chi connectivity index (χ1v) is 5.61. The van der Waals surface area contributed by atoms with Gasteiger partial charge in [-0.3, -0.25) is 0 Å². The zero-order valence-electron chi connectivity index (χ0n) is 9.99. The van der Waals surface area contributed by atoms with Crippen LogP contribution < -0.4 is 10.1 Å². The molecule has 1 rings (SSSR count).